The summed E-state index contributed by atoms with van der Waals surface area (Å²) in [5, 5.41) is 87.8. The summed E-state index contributed by atoms with van der Waals surface area (Å²) in [4.78, 5) is 209. The fourth-order valence-corrected chi connectivity index (χ4v) is 12.5. The number of aliphatic carboxylic acids is 5. The number of aliphatic hydroxyl groups excluding tert-OH is 3. The first kappa shape index (κ1) is 136. The molecule has 0 aromatic rings. The number of ether oxygens (including phenoxy) is 9. The SMILES string of the molecule is C=C(C)C(=O)OCC[N+](C)(C)CC(=O)[O-].C=CC(=O)NCCO.COC(=O)C(C)(C)Br.COC(=O)C(C)(C)CC(CCC(C)(Br)C(=O)OCC[N+](C)(C)CC(=O)[O-])C(=O)NCCO.COC(=O)C(C)(C)CC(CCC(C)(Br)C(=O)OCC[N+](C)(C)CC(=O)[O-])C(=O)NCCO.COC(=O)C(C)(C)CC(CCC(C)(Br)C(=O)OCC[N+](C)(C)CC(=O)[O-])C(=O)NCCOC(=O)CCC(=O)O. The molecule has 0 aromatic carbocycles. The minimum absolute atomic E-state index is 0.0230. The van der Waals surface area contributed by atoms with E-state index in [9.17, 15) is 107 Å². The van der Waals surface area contributed by atoms with Crippen molar-refractivity contribution < 1.29 is 188 Å². The Morgan fingerprint density at radius 3 is 0.851 bits per heavy atom. The van der Waals surface area contributed by atoms with E-state index in [1.807, 2.05) is 0 Å². The number of nitrogens with zero attached hydrogens (tertiary/aromatic N) is 4. The average Bonchev–Trinajstić information content (AvgIpc) is 0.845. The number of carboxylic acid groups (broad SMARTS) is 5. The van der Waals surface area contributed by atoms with E-state index in [1.165, 1.54) is 28.4 Å². The van der Waals surface area contributed by atoms with E-state index in [0.29, 0.717) is 31.8 Å². The van der Waals surface area contributed by atoms with E-state index < -0.39 is 135 Å². The van der Waals surface area contributed by atoms with Crippen LogP contribution in [0.5, 0.6) is 0 Å². The first-order valence-electron chi connectivity index (χ1n) is 42.5. The number of rotatable bonds is 59. The average molecular weight is 2190 g/mol. The molecule has 0 fully saturated rings. The molecule has 47 heteroatoms. The molecular formula is C87H150Br4N8O35. The highest BCUT2D eigenvalue weighted by atomic mass is 79.9. The number of esters is 9. The van der Waals surface area contributed by atoms with Crippen molar-refractivity contribution in [3.8, 4) is 0 Å². The van der Waals surface area contributed by atoms with Crippen molar-refractivity contribution in [2.75, 3.05) is 216 Å². The Hall–Kier alpha value is -8.42. The van der Waals surface area contributed by atoms with Gasteiger partial charge < -0.3 is 142 Å². The highest BCUT2D eigenvalue weighted by molar-refractivity contribution is 9.10. The number of hydrogen-bond donors (Lipinski definition) is 8. The number of aliphatic hydroxyl groups is 3. The van der Waals surface area contributed by atoms with Crippen LogP contribution >= 0.6 is 63.7 Å². The second kappa shape index (κ2) is 66.9. The third kappa shape index (κ3) is 68.6. The molecule has 6 atom stereocenters. The van der Waals surface area contributed by atoms with Crippen LogP contribution in [0.1, 0.15) is 154 Å². The summed E-state index contributed by atoms with van der Waals surface area (Å²) in [6.07, 6.45) is 2.43. The molecule has 776 valence electrons. The standard InChI is InChI=1S/C25H41BrN2O11.2C21H37BrN2O8.C10H17NO4.C5H9BrO2.C5H9NO2/c1-24(2,22(35)37-6)15-17(21(34)27-11-13-38-20(33)8-7-18(29)30)9-10-25(3,26)23(36)39-14-12-28(4,5)16-19(31)32;2*1-20(2,18(29)31-6)13-15(17(28)23-9-11-25)7-8-21(3,22)19(30)32-12-10-24(4,5)14-16(26)27;1-8(2)10(14)15-6-5-11(3,4)7-9(12)13;1-5(2,6)4(7)8-3;1-2-5(8)6-3-4-7/h17H,7-16H2,1-6H3,(H2-,27,29,30,31,32,34);2*15,25H,7-14H2,1-6H3,(H-,23,26,27,28);1,5-7H2,2-4H3;1-3H3;2,7H,1,3-4H2,(H,6,8). The normalized spacial score (nSPS) is 13.5. The zero-order chi connectivity index (χ0) is 106. The van der Waals surface area contributed by atoms with Crippen LogP contribution in [-0.4, -0.2) is 379 Å². The largest absolute Gasteiger partial charge is 0.544 e. The molecule has 0 aliphatic carbocycles. The van der Waals surface area contributed by atoms with Gasteiger partial charge in [0.15, 0.2) is 0 Å². The minimum Gasteiger partial charge on any atom is -0.544 e. The fourth-order valence-electron chi connectivity index (χ4n) is 11.3. The molecule has 0 aliphatic heterocycles. The van der Waals surface area contributed by atoms with Gasteiger partial charge in [0, 0.05) is 43.0 Å². The molecular weight excluding hydrogens is 2040 g/mol. The van der Waals surface area contributed by atoms with Crippen molar-refractivity contribution in [3.05, 3.63) is 24.8 Å². The van der Waals surface area contributed by atoms with Gasteiger partial charge in [-0.25, -0.2) is 4.79 Å². The molecule has 0 aliphatic rings. The summed E-state index contributed by atoms with van der Waals surface area (Å²) in [6.45, 7) is 27.1. The predicted octanol–water partition coefficient (Wildman–Crippen LogP) is -1.23. The second-order valence-corrected chi connectivity index (χ2v) is 44.0. The number of methoxy groups -OCH3 is 4. The maximum absolute atomic E-state index is 13.0. The summed E-state index contributed by atoms with van der Waals surface area (Å²) >= 11 is 13.2. The molecule has 0 rings (SSSR count). The van der Waals surface area contributed by atoms with Crippen LogP contribution in [0.4, 0.5) is 0 Å². The van der Waals surface area contributed by atoms with Gasteiger partial charge in [-0.1, -0.05) is 76.9 Å². The van der Waals surface area contributed by atoms with Crippen LogP contribution in [-0.2, 0) is 129 Å². The molecule has 0 aromatic heterocycles. The van der Waals surface area contributed by atoms with Gasteiger partial charge in [-0.05, 0) is 147 Å². The molecule has 6 unspecified atom stereocenters. The van der Waals surface area contributed by atoms with E-state index >= 15 is 0 Å². The van der Waals surface area contributed by atoms with Crippen molar-refractivity contribution in [2.45, 2.75) is 171 Å². The number of nitrogens with one attached hydrogen (secondary N) is 4. The van der Waals surface area contributed by atoms with Crippen LogP contribution < -0.4 is 41.7 Å². The molecule has 0 spiro atoms. The van der Waals surface area contributed by atoms with E-state index in [4.69, 9.17) is 58.3 Å². The number of carbonyl (C=O) groups excluding carboxylic acids is 17. The summed E-state index contributed by atoms with van der Waals surface area (Å²) in [5.74, 6) is -13.5. The Bertz CT molecular complexity index is 3660. The van der Waals surface area contributed by atoms with E-state index in [1.54, 1.807) is 139 Å². The Morgan fingerprint density at radius 2 is 0.634 bits per heavy atom. The van der Waals surface area contributed by atoms with Gasteiger partial charge in [0.25, 0.3) is 0 Å². The van der Waals surface area contributed by atoms with E-state index in [0.717, 1.165) is 6.08 Å². The number of alkyl halides is 4. The van der Waals surface area contributed by atoms with Crippen LogP contribution in [0, 0.1) is 34.0 Å². The smallest absolute Gasteiger partial charge is 0.333 e. The van der Waals surface area contributed by atoms with Crippen molar-refractivity contribution in [1.82, 2.24) is 21.3 Å². The lowest BCUT2D eigenvalue weighted by Crippen LogP contribution is -2.50. The molecule has 43 nitrogen and oxygen atoms in total. The Morgan fingerprint density at radius 1 is 0.381 bits per heavy atom. The third-order valence-electron chi connectivity index (χ3n) is 19.4. The Kier molecular flexibility index (Phi) is 68.1. The topological polar surface area (TPSA) is 612 Å². The highest BCUT2D eigenvalue weighted by Crippen LogP contribution is 2.37. The molecule has 4 amide bonds. The lowest BCUT2D eigenvalue weighted by molar-refractivity contribution is -0.884. The van der Waals surface area contributed by atoms with Gasteiger partial charge in [0.05, 0.1) is 164 Å². The first-order chi connectivity index (χ1) is 61.0. The molecule has 8 N–H and O–H groups in total. The van der Waals surface area contributed by atoms with Crippen LogP contribution in [0.15, 0.2) is 24.8 Å². The fraction of sp³-hybridized carbons (Fsp3) is 0.747. The summed E-state index contributed by atoms with van der Waals surface area (Å²) in [7, 11) is 18.7. The van der Waals surface area contributed by atoms with Gasteiger partial charge in [0.1, 0.15) is 103 Å². The van der Waals surface area contributed by atoms with Gasteiger partial charge in [-0.3, -0.25) is 62.3 Å². The summed E-state index contributed by atoms with van der Waals surface area (Å²) in [6, 6.07) is 0. The van der Waals surface area contributed by atoms with Crippen molar-refractivity contribution in [3.63, 3.8) is 0 Å². The quantitative estimate of drug-likeness (QED) is 0.00883. The number of carbonyl (C=O) groups is 18. The summed E-state index contributed by atoms with van der Waals surface area (Å²) in [5.41, 5.74) is -2.50. The second-order valence-electron chi connectivity index (χ2n) is 36.7. The van der Waals surface area contributed by atoms with Gasteiger partial charge in [-0.15, -0.1) is 0 Å². The van der Waals surface area contributed by atoms with Crippen molar-refractivity contribution >= 4 is 171 Å². The highest BCUT2D eigenvalue weighted by Gasteiger charge is 2.43. The number of amides is 4. The van der Waals surface area contributed by atoms with Crippen molar-refractivity contribution in [1.29, 1.82) is 0 Å². The number of halogens is 4. The lowest BCUT2D eigenvalue weighted by Gasteiger charge is -2.31. The monoisotopic (exact) mass is 2180 g/mol. The molecule has 0 saturated carbocycles. The first-order valence-corrected chi connectivity index (χ1v) is 45.6. The summed E-state index contributed by atoms with van der Waals surface area (Å²) < 4.78 is 41.3. The van der Waals surface area contributed by atoms with Gasteiger partial charge >= 0.3 is 59.7 Å². The maximum Gasteiger partial charge on any atom is 0.333 e. The van der Waals surface area contributed by atoms with E-state index in [2.05, 4.69) is 103 Å². The van der Waals surface area contributed by atoms with Crippen molar-refractivity contribution in [2.24, 2.45) is 34.0 Å². The lowest BCUT2D eigenvalue weighted by atomic mass is 9.79. The predicted molar refractivity (Wildman–Crippen MR) is 494 cm³/mol. The molecule has 0 heterocycles. The molecule has 0 radical (unpaired) electrons. The number of hydrogen-bond acceptors (Lipinski definition) is 34. The number of quaternary nitrogens is 4. The molecule has 134 heavy (non-hydrogen) atoms. The molecule has 0 saturated heterocycles. The molecule has 0 bridgehead atoms. The number of likely N-dealkylation sites (N-methyl/N-ethyl adjacent to an activating group) is 4. The van der Waals surface area contributed by atoms with E-state index in [-0.39, 0.29) is 217 Å². The minimum atomic E-state index is -1.22. The number of carboxylic acids is 5. The maximum atomic E-state index is 13.0. The third-order valence-corrected chi connectivity index (χ3v) is 21.8. The van der Waals surface area contributed by atoms with Gasteiger partial charge in [0.2, 0.25) is 23.6 Å². The van der Waals surface area contributed by atoms with Crippen LogP contribution in [0.25, 0.3) is 0 Å². The van der Waals surface area contributed by atoms with Crippen LogP contribution in [0.2, 0.25) is 0 Å². The zero-order valence-corrected chi connectivity index (χ0v) is 88.7. The van der Waals surface area contributed by atoms with Crippen LogP contribution in [0.3, 0.4) is 0 Å². The Labute approximate surface area is 821 Å². The Balaban J connectivity index is -0.000000396. The van der Waals surface area contributed by atoms with Gasteiger partial charge in [-0.2, -0.15) is 0 Å². The zero-order valence-electron chi connectivity index (χ0n) is 82.4.